The lowest BCUT2D eigenvalue weighted by Crippen LogP contribution is -2.39. The van der Waals surface area contributed by atoms with Crippen LogP contribution in [-0.4, -0.2) is 53.3 Å². The smallest absolute Gasteiger partial charge is 0.275 e. The molecular formula is C10H19ClN4O2S. The Kier molecular flexibility index (Phi) is 5.58. The lowest BCUT2D eigenvalue weighted by atomic mass is 10.4. The predicted molar refractivity (Wildman–Crippen MR) is 71.6 cm³/mol. The van der Waals surface area contributed by atoms with Gasteiger partial charge in [0.1, 0.15) is 0 Å². The minimum Gasteiger partial charge on any atom is -0.275 e. The Labute approximate surface area is 113 Å². The fraction of sp³-hybridized carbons (Fsp3) is 0.700. The molecular weight excluding hydrogens is 276 g/mol. The molecule has 1 aromatic rings. The first-order valence-electron chi connectivity index (χ1n) is 5.59. The molecule has 6 nitrogen and oxygen atoms in total. The number of hydrogen-bond acceptors (Lipinski definition) is 3. The van der Waals surface area contributed by atoms with Gasteiger partial charge in [-0.2, -0.15) is 22.1 Å². The van der Waals surface area contributed by atoms with Crippen molar-refractivity contribution in [3.63, 3.8) is 0 Å². The largest absolute Gasteiger partial charge is 0.281 e. The Morgan fingerprint density at radius 1 is 1.39 bits per heavy atom. The molecule has 18 heavy (non-hydrogen) atoms. The van der Waals surface area contributed by atoms with Gasteiger partial charge in [0.05, 0.1) is 6.20 Å². The lowest BCUT2D eigenvalue weighted by Gasteiger charge is -2.23. The molecule has 0 N–H and O–H groups in total. The first-order valence-corrected chi connectivity index (χ1v) is 7.52. The van der Waals surface area contributed by atoms with E-state index in [1.54, 1.807) is 38.2 Å². The number of rotatable bonds is 7. The second-order valence-corrected chi connectivity index (χ2v) is 6.67. The third-order valence-electron chi connectivity index (χ3n) is 2.56. The summed E-state index contributed by atoms with van der Waals surface area (Å²) in [6.45, 7) is 0.727. The van der Waals surface area contributed by atoms with Crippen molar-refractivity contribution >= 4 is 21.8 Å². The van der Waals surface area contributed by atoms with Crippen molar-refractivity contribution in [1.82, 2.24) is 18.4 Å². The zero-order valence-electron chi connectivity index (χ0n) is 10.9. The topological polar surface area (TPSA) is 58.4 Å². The minimum atomic E-state index is -3.43. The third kappa shape index (κ3) is 3.94. The summed E-state index contributed by atoms with van der Waals surface area (Å²) in [7, 11) is 1.48. The molecule has 1 rings (SSSR count). The van der Waals surface area contributed by atoms with Crippen LogP contribution in [0.1, 0.15) is 12.0 Å². The van der Waals surface area contributed by atoms with E-state index in [2.05, 4.69) is 5.10 Å². The summed E-state index contributed by atoms with van der Waals surface area (Å²) in [6.07, 6.45) is 4.09. The zero-order chi connectivity index (χ0) is 13.8. The van der Waals surface area contributed by atoms with Crippen molar-refractivity contribution in [1.29, 1.82) is 0 Å². The maximum atomic E-state index is 12.1. The molecule has 0 aliphatic rings. The van der Waals surface area contributed by atoms with Gasteiger partial charge in [-0.1, -0.05) is 0 Å². The molecule has 0 saturated heterocycles. The summed E-state index contributed by atoms with van der Waals surface area (Å²) in [5.41, 5.74) is 0.856. The number of nitrogens with zero attached hydrogens (tertiary/aromatic N) is 4. The van der Waals surface area contributed by atoms with Gasteiger partial charge >= 0.3 is 0 Å². The first-order chi connectivity index (χ1) is 8.37. The van der Waals surface area contributed by atoms with Crippen molar-refractivity contribution in [2.45, 2.75) is 13.0 Å². The summed E-state index contributed by atoms with van der Waals surface area (Å²) in [5.74, 6) is 0.451. The molecule has 104 valence electrons. The van der Waals surface area contributed by atoms with Crippen LogP contribution in [0.2, 0.25) is 0 Å². The SMILES string of the molecule is CN(CCCCl)S(=O)(=O)N(C)Cc1cnn(C)c1. The van der Waals surface area contributed by atoms with Gasteiger partial charge in [-0.05, 0) is 6.42 Å². The highest BCUT2D eigenvalue weighted by molar-refractivity contribution is 7.86. The van der Waals surface area contributed by atoms with Crippen LogP contribution in [-0.2, 0) is 23.8 Å². The van der Waals surface area contributed by atoms with Gasteiger partial charge in [-0.3, -0.25) is 4.68 Å². The fourth-order valence-electron chi connectivity index (χ4n) is 1.53. The molecule has 0 aromatic carbocycles. The molecule has 0 radical (unpaired) electrons. The van der Waals surface area contributed by atoms with Crippen LogP contribution in [0.3, 0.4) is 0 Å². The zero-order valence-corrected chi connectivity index (χ0v) is 12.4. The van der Waals surface area contributed by atoms with E-state index in [0.717, 1.165) is 5.56 Å². The number of aryl methyl sites for hydroxylation is 1. The van der Waals surface area contributed by atoms with Crippen molar-refractivity contribution in [2.24, 2.45) is 7.05 Å². The average molecular weight is 295 g/mol. The quantitative estimate of drug-likeness (QED) is 0.694. The van der Waals surface area contributed by atoms with E-state index in [0.29, 0.717) is 25.4 Å². The second-order valence-electron chi connectivity index (χ2n) is 4.15. The third-order valence-corrected chi connectivity index (χ3v) is 4.71. The van der Waals surface area contributed by atoms with E-state index in [1.165, 1.54) is 8.61 Å². The summed E-state index contributed by atoms with van der Waals surface area (Å²) >= 11 is 5.56. The Balaban J connectivity index is 2.66. The molecule has 0 aliphatic heterocycles. The standard InChI is InChI=1S/C10H19ClN4O2S/c1-13-8-10(7-12-13)9-15(3)18(16,17)14(2)6-4-5-11/h7-8H,4-6,9H2,1-3H3. The van der Waals surface area contributed by atoms with Crippen LogP contribution < -0.4 is 0 Å². The van der Waals surface area contributed by atoms with Crippen LogP contribution in [0.4, 0.5) is 0 Å². The Morgan fingerprint density at radius 3 is 2.56 bits per heavy atom. The Morgan fingerprint density at radius 2 is 2.06 bits per heavy atom. The van der Waals surface area contributed by atoms with Gasteiger partial charge in [-0.15, -0.1) is 11.6 Å². The first kappa shape index (κ1) is 15.4. The van der Waals surface area contributed by atoms with Crippen molar-refractivity contribution in [3.8, 4) is 0 Å². The van der Waals surface area contributed by atoms with E-state index in [9.17, 15) is 8.42 Å². The molecule has 0 unspecified atom stereocenters. The molecule has 0 saturated carbocycles. The van der Waals surface area contributed by atoms with E-state index >= 15 is 0 Å². The monoisotopic (exact) mass is 294 g/mol. The molecule has 0 atom stereocenters. The minimum absolute atomic E-state index is 0.307. The summed E-state index contributed by atoms with van der Waals surface area (Å²) in [4.78, 5) is 0. The average Bonchev–Trinajstić information content (AvgIpc) is 2.71. The van der Waals surface area contributed by atoms with Gasteiger partial charge in [0, 0.05) is 51.9 Å². The van der Waals surface area contributed by atoms with Gasteiger partial charge in [-0.25, -0.2) is 0 Å². The van der Waals surface area contributed by atoms with E-state index in [-0.39, 0.29) is 0 Å². The highest BCUT2D eigenvalue weighted by Crippen LogP contribution is 2.10. The summed E-state index contributed by atoms with van der Waals surface area (Å²) in [5, 5.41) is 4.01. The summed E-state index contributed by atoms with van der Waals surface area (Å²) in [6, 6.07) is 0. The van der Waals surface area contributed by atoms with E-state index in [1.807, 2.05) is 0 Å². The van der Waals surface area contributed by atoms with Gasteiger partial charge < -0.3 is 0 Å². The second kappa shape index (κ2) is 6.51. The van der Waals surface area contributed by atoms with Crippen LogP contribution in [0, 0.1) is 0 Å². The maximum Gasteiger partial charge on any atom is 0.281 e. The van der Waals surface area contributed by atoms with Crippen LogP contribution in [0.25, 0.3) is 0 Å². The highest BCUT2D eigenvalue weighted by Gasteiger charge is 2.23. The molecule has 0 bridgehead atoms. The molecule has 1 aromatic heterocycles. The van der Waals surface area contributed by atoms with Crippen LogP contribution >= 0.6 is 11.6 Å². The Hall–Kier alpha value is -0.630. The molecule has 8 heteroatoms. The lowest BCUT2D eigenvalue weighted by molar-refractivity contribution is 0.389. The number of hydrogen-bond donors (Lipinski definition) is 0. The molecule has 1 heterocycles. The van der Waals surface area contributed by atoms with Crippen molar-refractivity contribution < 1.29 is 8.42 Å². The summed E-state index contributed by atoms with van der Waals surface area (Å²) < 4.78 is 28.5. The maximum absolute atomic E-state index is 12.1. The van der Waals surface area contributed by atoms with Crippen LogP contribution in [0.5, 0.6) is 0 Å². The van der Waals surface area contributed by atoms with Crippen LogP contribution in [0.15, 0.2) is 12.4 Å². The van der Waals surface area contributed by atoms with Gasteiger partial charge in [0.15, 0.2) is 0 Å². The van der Waals surface area contributed by atoms with Gasteiger partial charge in [0.25, 0.3) is 10.2 Å². The molecule has 0 spiro atoms. The molecule has 0 aliphatic carbocycles. The molecule has 0 fully saturated rings. The normalized spacial score (nSPS) is 12.6. The fourth-order valence-corrected chi connectivity index (χ4v) is 2.80. The van der Waals surface area contributed by atoms with E-state index in [4.69, 9.17) is 11.6 Å². The highest BCUT2D eigenvalue weighted by atomic mass is 35.5. The molecule has 0 amide bonds. The Bertz CT molecular complexity index is 474. The van der Waals surface area contributed by atoms with Gasteiger partial charge in [0.2, 0.25) is 0 Å². The predicted octanol–water partition coefficient (Wildman–Crippen LogP) is 0.657. The van der Waals surface area contributed by atoms with Crippen molar-refractivity contribution in [3.05, 3.63) is 18.0 Å². The van der Waals surface area contributed by atoms with E-state index < -0.39 is 10.2 Å². The van der Waals surface area contributed by atoms with Crippen molar-refractivity contribution in [2.75, 3.05) is 26.5 Å². The number of halogens is 1. The number of alkyl halides is 1. The number of aromatic nitrogens is 2.